The molecule has 2 aromatic carbocycles. The lowest BCUT2D eigenvalue weighted by molar-refractivity contribution is -0.305. The SMILES string of the molecule is CCOc1ccccc1C(=O)Nc1ccc2c(c1)C(=O)N(CCC(=O)[O-])C2=O. The fourth-order valence-corrected chi connectivity index (χ4v) is 2.91. The number of hydrogen-bond donors (Lipinski definition) is 1. The maximum absolute atomic E-state index is 12.6. The second-order valence-corrected chi connectivity index (χ2v) is 6.03. The van der Waals surface area contributed by atoms with E-state index in [1.54, 1.807) is 24.3 Å². The molecule has 0 saturated carbocycles. The van der Waals surface area contributed by atoms with Crippen molar-refractivity contribution < 1.29 is 29.0 Å². The van der Waals surface area contributed by atoms with Crippen LogP contribution in [0.4, 0.5) is 5.69 Å². The molecule has 1 heterocycles. The molecule has 0 aliphatic carbocycles. The Morgan fingerprint density at radius 3 is 2.50 bits per heavy atom. The summed E-state index contributed by atoms with van der Waals surface area (Å²) in [7, 11) is 0. The summed E-state index contributed by atoms with van der Waals surface area (Å²) in [5.74, 6) is -2.51. The largest absolute Gasteiger partial charge is 0.550 e. The Morgan fingerprint density at radius 1 is 1.07 bits per heavy atom. The van der Waals surface area contributed by atoms with Gasteiger partial charge in [0.2, 0.25) is 0 Å². The van der Waals surface area contributed by atoms with Crippen LogP contribution in [0.3, 0.4) is 0 Å². The minimum atomic E-state index is -1.35. The van der Waals surface area contributed by atoms with E-state index in [1.165, 1.54) is 18.2 Å². The molecule has 0 atom stereocenters. The molecule has 0 saturated heterocycles. The molecule has 2 aromatic rings. The minimum Gasteiger partial charge on any atom is -0.550 e. The second kappa shape index (κ2) is 7.91. The molecule has 0 unspecified atom stereocenters. The van der Waals surface area contributed by atoms with Crippen molar-refractivity contribution in [2.75, 3.05) is 18.5 Å². The molecule has 1 aliphatic rings. The number of carboxylic acids is 1. The zero-order valence-corrected chi connectivity index (χ0v) is 15.1. The van der Waals surface area contributed by atoms with Gasteiger partial charge in [0.15, 0.2) is 0 Å². The van der Waals surface area contributed by atoms with Gasteiger partial charge in [-0.2, -0.15) is 0 Å². The Balaban J connectivity index is 1.81. The van der Waals surface area contributed by atoms with Gasteiger partial charge in [0.25, 0.3) is 17.7 Å². The number of ether oxygens (including phenoxy) is 1. The van der Waals surface area contributed by atoms with Crippen LogP contribution in [0, 0.1) is 0 Å². The van der Waals surface area contributed by atoms with E-state index >= 15 is 0 Å². The molecular formula is C20H17N2O6-. The van der Waals surface area contributed by atoms with E-state index in [2.05, 4.69) is 5.32 Å². The second-order valence-electron chi connectivity index (χ2n) is 6.03. The summed E-state index contributed by atoms with van der Waals surface area (Å²) in [5.41, 5.74) is 0.941. The number of carboxylic acid groups (broad SMARTS) is 1. The van der Waals surface area contributed by atoms with Gasteiger partial charge in [-0.25, -0.2) is 0 Å². The first kappa shape index (κ1) is 19.1. The number of nitrogens with one attached hydrogen (secondary N) is 1. The van der Waals surface area contributed by atoms with E-state index in [0.717, 1.165) is 4.90 Å². The van der Waals surface area contributed by atoms with Gasteiger partial charge in [0, 0.05) is 24.6 Å². The summed E-state index contributed by atoms with van der Waals surface area (Å²) in [6.45, 7) is 1.95. The topological polar surface area (TPSA) is 116 Å². The fourth-order valence-electron chi connectivity index (χ4n) is 2.91. The number of carbonyl (C=O) groups excluding carboxylic acids is 4. The van der Waals surface area contributed by atoms with Crippen LogP contribution in [-0.2, 0) is 4.79 Å². The van der Waals surface area contributed by atoms with Gasteiger partial charge in [-0.3, -0.25) is 19.3 Å². The highest BCUT2D eigenvalue weighted by molar-refractivity contribution is 6.22. The molecule has 28 heavy (non-hydrogen) atoms. The van der Waals surface area contributed by atoms with Crippen LogP contribution in [0.1, 0.15) is 44.4 Å². The number of anilines is 1. The summed E-state index contributed by atoms with van der Waals surface area (Å²) in [6, 6.07) is 11.1. The van der Waals surface area contributed by atoms with Crippen LogP contribution in [0.5, 0.6) is 5.75 Å². The van der Waals surface area contributed by atoms with Crippen LogP contribution in [0.15, 0.2) is 42.5 Å². The van der Waals surface area contributed by atoms with E-state index in [9.17, 15) is 24.3 Å². The van der Waals surface area contributed by atoms with Gasteiger partial charge in [-0.1, -0.05) is 12.1 Å². The monoisotopic (exact) mass is 381 g/mol. The van der Waals surface area contributed by atoms with Crippen molar-refractivity contribution in [1.82, 2.24) is 4.90 Å². The van der Waals surface area contributed by atoms with Crippen molar-refractivity contribution in [2.24, 2.45) is 0 Å². The highest BCUT2D eigenvalue weighted by Gasteiger charge is 2.35. The third-order valence-corrected chi connectivity index (χ3v) is 4.20. The van der Waals surface area contributed by atoms with E-state index in [1.807, 2.05) is 6.92 Å². The van der Waals surface area contributed by atoms with Crippen LogP contribution >= 0.6 is 0 Å². The van der Waals surface area contributed by atoms with Crippen molar-refractivity contribution in [3.05, 3.63) is 59.2 Å². The van der Waals surface area contributed by atoms with E-state index in [-0.39, 0.29) is 17.7 Å². The summed E-state index contributed by atoms with van der Waals surface area (Å²) in [5, 5.41) is 13.3. The zero-order chi connectivity index (χ0) is 20.3. The summed E-state index contributed by atoms with van der Waals surface area (Å²) in [4.78, 5) is 48.7. The first-order chi connectivity index (χ1) is 13.4. The average molecular weight is 381 g/mol. The van der Waals surface area contributed by atoms with Crippen LogP contribution < -0.4 is 15.2 Å². The van der Waals surface area contributed by atoms with E-state index in [4.69, 9.17) is 4.74 Å². The first-order valence-corrected chi connectivity index (χ1v) is 8.65. The summed E-state index contributed by atoms with van der Waals surface area (Å²) < 4.78 is 5.44. The van der Waals surface area contributed by atoms with Crippen LogP contribution in [0.2, 0.25) is 0 Å². The molecule has 0 spiro atoms. The van der Waals surface area contributed by atoms with E-state index in [0.29, 0.717) is 23.6 Å². The summed E-state index contributed by atoms with van der Waals surface area (Å²) in [6.07, 6.45) is -0.441. The Morgan fingerprint density at radius 2 is 1.79 bits per heavy atom. The molecule has 1 N–H and O–H groups in total. The number of fused-ring (bicyclic) bond motifs is 1. The lowest BCUT2D eigenvalue weighted by atomic mass is 10.1. The van der Waals surface area contributed by atoms with Crippen molar-refractivity contribution >= 4 is 29.4 Å². The third kappa shape index (κ3) is 3.71. The van der Waals surface area contributed by atoms with Crippen molar-refractivity contribution in [3.8, 4) is 5.75 Å². The normalized spacial score (nSPS) is 12.7. The predicted octanol–water partition coefficient (Wildman–Crippen LogP) is 1.07. The van der Waals surface area contributed by atoms with Gasteiger partial charge in [0.05, 0.1) is 23.3 Å². The molecule has 3 rings (SSSR count). The van der Waals surface area contributed by atoms with Crippen molar-refractivity contribution in [2.45, 2.75) is 13.3 Å². The van der Waals surface area contributed by atoms with Gasteiger partial charge in [-0.15, -0.1) is 0 Å². The Kier molecular flexibility index (Phi) is 5.39. The third-order valence-electron chi connectivity index (χ3n) is 4.20. The number of rotatable bonds is 7. The number of benzene rings is 2. The van der Waals surface area contributed by atoms with Crippen LogP contribution in [0.25, 0.3) is 0 Å². The molecule has 0 fully saturated rings. The lowest BCUT2D eigenvalue weighted by Crippen LogP contribution is -2.34. The molecular weight excluding hydrogens is 364 g/mol. The average Bonchev–Trinajstić information content (AvgIpc) is 2.90. The summed E-state index contributed by atoms with van der Waals surface area (Å²) >= 11 is 0. The van der Waals surface area contributed by atoms with Crippen molar-refractivity contribution in [3.63, 3.8) is 0 Å². The minimum absolute atomic E-state index is 0.110. The quantitative estimate of drug-likeness (QED) is 0.718. The number of para-hydroxylation sites is 1. The number of hydrogen-bond acceptors (Lipinski definition) is 6. The number of carbonyl (C=O) groups is 4. The maximum Gasteiger partial charge on any atom is 0.261 e. The van der Waals surface area contributed by atoms with Gasteiger partial charge < -0.3 is 20.0 Å². The molecule has 0 aromatic heterocycles. The Labute approximate surface area is 160 Å². The number of aliphatic carboxylic acids is 1. The fraction of sp³-hybridized carbons (Fsp3) is 0.200. The molecule has 3 amide bonds. The Bertz CT molecular complexity index is 969. The lowest BCUT2D eigenvalue weighted by Gasteiger charge is -2.13. The molecule has 8 nitrogen and oxygen atoms in total. The molecule has 1 aliphatic heterocycles. The van der Waals surface area contributed by atoms with E-state index < -0.39 is 30.1 Å². The Hall–Kier alpha value is -3.68. The standard InChI is InChI=1S/C20H18N2O6/c1-2-28-16-6-4-3-5-14(16)18(25)21-12-7-8-13-15(11-12)20(27)22(19(13)26)10-9-17(23)24/h3-8,11H,2,9-10H2,1H3,(H,21,25)(H,23,24)/p-1. The number of amides is 3. The molecule has 144 valence electrons. The highest BCUT2D eigenvalue weighted by atomic mass is 16.5. The van der Waals surface area contributed by atoms with Gasteiger partial charge in [-0.05, 0) is 37.3 Å². The smallest absolute Gasteiger partial charge is 0.261 e. The van der Waals surface area contributed by atoms with Crippen molar-refractivity contribution in [1.29, 1.82) is 0 Å². The molecule has 8 heteroatoms. The number of nitrogens with zero attached hydrogens (tertiary/aromatic N) is 1. The first-order valence-electron chi connectivity index (χ1n) is 8.65. The molecule has 0 radical (unpaired) electrons. The zero-order valence-electron chi connectivity index (χ0n) is 15.1. The highest BCUT2D eigenvalue weighted by Crippen LogP contribution is 2.27. The predicted molar refractivity (Wildman–Crippen MR) is 97.0 cm³/mol. The number of imide groups is 1. The maximum atomic E-state index is 12.6. The van der Waals surface area contributed by atoms with Gasteiger partial charge in [0.1, 0.15) is 5.75 Å². The molecule has 0 bridgehead atoms. The van der Waals surface area contributed by atoms with Gasteiger partial charge >= 0.3 is 0 Å². The van der Waals surface area contributed by atoms with Crippen LogP contribution in [-0.4, -0.2) is 41.7 Å².